The molecule has 1 aromatic carbocycles. The number of benzene rings is 1. The molecule has 0 bridgehead atoms. The molecule has 0 saturated carbocycles. The fourth-order valence-corrected chi connectivity index (χ4v) is 1.79. The van der Waals surface area contributed by atoms with E-state index in [0.29, 0.717) is 16.5 Å². The lowest BCUT2D eigenvalue weighted by atomic mass is 10.2. The van der Waals surface area contributed by atoms with Crippen LogP contribution in [0.2, 0.25) is 0 Å². The summed E-state index contributed by atoms with van der Waals surface area (Å²) in [6.07, 6.45) is 0.469. The molecular weight excluding hydrogens is 312 g/mol. The zero-order valence-electron chi connectivity index (χ0n) is 7.96. The number of halogens is 2. The lowest BCUT2D eigenvalue weighted by Crippen LogP contribution is -2.26. The Bertz CT molecular complexity index is 337. The van der Waals surface area contributed by atoms with Crippen LogP contribution in [0, 0.1) is 9.39 Å². The second kappa shape index (κ2) is 6.02. The van der Waals surface area contributed by atoms with Gasteiger partial charge in [-0.05, 0) is 41.1 Å². The number of carbonyl (C=O) groups is 1. The highest BCUT2D eigenvalue weighted by Gasteiger charge is 2.14. The molecule has 0 radical (unpaired) electrons. The van der Waals surface area contributed by atoms with Gasteiger partial charge in [0.15, 0.2) is 0 Å². The molecule has 0 unspecified atom stereocenters. The van der Waals surface area contributed by atoms with E-state index < -0.39 is 11.7 Å². The molecule has 0 aliphatic rings. The maximum Gasteiger partial charge on any atom is 0.255 e. The van der Waals surface area contributed by atoms with Gasteiger partial charge in [0.1, 0.15) is 5.82 Å². The van der Waals surface area contributed by atoms with Crippen LogP contribution < -0.4 is 5.32 Å². The normalized spacial score (nSPS) is 10.1. The van der Waals surface area contributed by atoms with E-state index in [9.17, 15) is 9.18 Å². The van der Waals surface area contributed by atoms with Crippen LogP contribution in [0.4, 0.5) is 4.39 Å². The first kappa shape index (κ1) is 12.4. The van der Waals surface area contributed by atoms with Crippen molar-refractivity contribution in [2.75, 3.05) is 13.2 Å². The van der Waals surface area contributed by atoms with Crippen LogP contribution in [-0.4, -0.2) is 24.2 Å². The van der Waals surface area contributed by atoms with Crippen LogP contribution in [0.15, 0.2) is 18.2 Å². The molecule has 0 aromatic heterocycles. The molecule has 3 nitrogen and oxygen atoms in total. The Hall–Kier alpha value is -0.690. The second-order valence-electron chi connectivity index (χ2n) is 2.93. The topological polar surface area (TPSA) is 49.3 Å². The van der Waals surface area contributed by atoms with Crippen LogP contribution in [-0.2, 0) is 0 Å². The van der Waals surface area contributed by atoms with Gasteiger partial charge in [-0.3, -0.25) is 4.79 Å². The fraction of sp³-hybridized carbons (Fsp3) is 0.300. The SMILES string of the molecule is O=C(NCCCO)c1c(F)cccc1I. The monoisotopic (exact) mass is 323 g/mol. The predicted octanol–water partition coefficient (Wildman–Crippen LogP) is 1.54. The molecule has 0 fully saturated rings. The molecule has 0 saturated heterocycles. The Morgan fingerprint density at radius 1 is 1.53 bits per heavy atom. The Labute approximate surface area is 101 Å². The van der Waals surface area contributed by atoms with Crippen molar-refractivity contribution in [1.82, 2.24) is 5.32 Å². The lowest BCUT2D eigenvalue weighted by Gasteiger charge is -2.06. The highest BCUT2D eigenvalue weighted by atomic mass is 127. The van der Waals surface area contributed by atoms with Crippen LogP contribution >= 0.6 is 22.6 Å². The minimum atomic E-state index is -0.525. The first-order valence-electron chi connectivity index (χ1n) is 4.50. The van der Waals surface area contributed by atoms with Crippen LogP contribution in [0.3, 0.4) is 0 Å². The molecule has 2 N–H and O–H groups in total. The van der Waals surface area contributed by atoms with E-state index in [0.717, 1.165) is 0 Å². The molecule has 0 atom stereocenters. The number of carbonyl (C=O) groups excluding carboxylic acids is 1. The molecule has 0 spiro atoms. The molecule has 5 heteroatoms. The number of aliphatic hydroxyl groups is 1. The third-order valence-electron chi connectivity index (χ3n) is 1.81. The summed E-state index contributed by atoms with van der Waals surface area (Å²) in [5, 5.41) is 11.1. The zero-order valence-corrected chi connectivity index (χ0v) is 10.1. The van der Waals surface area contributed by atoms with E-state index in [1.165, 1.54) is 6.07 Å². The van der Waals surface area contributed by atoms with Crippen molar-refractivity contribution in [2.24, 2.45) is 0 Å². The van der Waals surface area contributed by atoms with Gasteiger partial charge in [-0.2, -0.15) is 0 Å². The maximum absolute atomic E-state index is 13.3. The average Bonchev–Trinajstić information content (AvgIpc) is 2.18. The molecule has 1 rings (SSSR count). The summed E-state index contributed by atoms with van der Waals surface area (Å²) in [6.45, 7) is 0.356. The Morgan fingerprint density at radius 2 is 2.27 bits per heavy atom. The van der Waals surface area contributed by atoms with Gasteiger partial charge >= 0.3 is 0 Å². The number of rotatable bonds is 4. The molecule has 0 aliphatic heterocycles. The zero-order chi connectivity index (χ0) is 11.3. The van der Waals surface area contributed by atoms with Crippen molar-refractivity contribution in [3.63, 3.8) is 0 Å². The van der Waals surface area contributed by atoms with E-state index in [4.69, 9.17) is 5.11 Å². The molecule has 1 amide bonds. The van der Waals surface area contributed by atoms with Gasteiger partial charge in [0.25, 0.3) is 5.91 Å². The van der Waals surface area contributed by atoms with Crippen molar-refractivity contribution in [2.45, 2.75) is 6.42 Å². The van der Waals surface area contributed by atoms with E-state index in [1.54, 1.807) is 12.1 Å². The van der Waals surface area contributed by atoms with Crippen molar-refractivity contribution in [3.05, 3.63) is 33.1 Å². The summed E-state index contributed by atoms with van der Waals surface area (Å²) in [5.74, 6) is -0.964. The van der Waals surface area contributed by atoms with E-state index in [-0.39, 0.29) is 12.2 Å². The minimum absolute atomic E-state index is 0.00858. The summed E-state index contributed by atoms with van der Waals surface area (Å²) in [6, 6.07) is 4.48. The lowest BCUT2D eigenvalue weighted by molar-refractivity contribution is 0.0946. The van der Waals surface area contributed by atoms with Crippen molar-refractivity contribution < 1.29 is 14.3 Å². The van der Waals surface area contributed by atoms with Gasteiger partial charge in [-0.25, -0.2) is 4.39 Å². The summed E-state index contributed by atoms with van der Waals surface area (Å²) < 4.78 is 13.9. The summed E-state index contributed by atoms with van der Waals surface area (Å²) in [7, 11) is 0. The molecule has 0 aliphatic carbocycles. The molecule has 82 valence electrons. The highest BCUT2D eigenvalue weighted by Crippen LogP contribution is 2.15. The predicted molar refractivity (Wildman–Crippen MR) is 63.2 cm³/mol. The third-order valence-corrected chi connectivity index (χ3v) is 2.71. The third kappa shape index (κ3) is 3.42. The van der Waals surface area contributed by atoms with Crippen molar-refractivity contribution in [1.29, 1.82) is 0 Å². The highest BCUT2D eigenvalue weighted by molar-refractivity contribution is 14.1. The first-order valence-corrected chi connectivity index (χ1v) is 5.57. The largest absolute Gasteiger partial charge is 0.396 e. The number of hydrogen-bond acceptors (Lipinski definition) is 2. The number of aliphatic hydroxyl groups excluding tert-OH is 1. The van der Waals surface area contributed by atoms with E-state index in [1.807, 2.05) is 22.6 Å². The smallest absolute Gasteiger partial charge is 0.255 e. The van der Waals surface area contributed by atoms with Crippen LogP contribution in [0.5, 0.6) is 0 Å². The molecule has 0 heterocycles. The molecule has 1 aromatic rings. The van der Waals surface area contributed by atoms with Gasteiger partial charge in [-0.15, -0.1) is 0 Å². The Balaban J connectivity index is 2.73. The van der Waals surface area contributed by atoms with E-state index in [2.05, 4.69) is 5.32 Å². The molecule has 15 heavy (non-hydrogen) atoms. The Kier molecular flexibility index (Phi) is 4.97. The number of amides is 1. The van der Waals surface area contributed by atoms with Crippen LogP contribution in [0.25, 0.3) is 0 Å². The number of hydrogen-bond donors (Lipinski definition) is 2. The number of nitrogens with one attached hydrogen (secondary N) is 1. The second-order valence-corrected chi connectivity index (χ2v) is 4.09. The van der Waals surface area contributed by atoms with Gasteiger partial charge < -0.3 is 10.4 Å². The fourth-order valence-electron chi connectivity index (χ4n) is 1.08. The maximum atomic E-state index is 13.3. The average molecular weight is 323 g/mol. The minimum Gasteiger partial charge on any atom is -0.396 e. The quantitative estimate of drug-likeness (QED) is 0.652. The Morgan fingerprint density at radius 3 is 2.87 bits per heavy atom. The summed E-state index contributed by atoms with van der Waals surface area (Å²) in [5.41, 5.74) is 0.0658. The van der Waals surface area contributed by atoms with Gasteiger partial charge in [0.2, 0.25) is 0 Å². The summed E-state index contributed by atoms with van der Waals surface area (Å²) in [4.78, 5) is 11.5. The van der Waals surface area contributed by atoms with Gasteiger partial charge in [0.05, 0.1) is 5.56 Å². The summed E-state index contributed by atoms with van der Waals surface area (Å²) >= 11 is 1.91. The van der Waals surface area contributed by atoms with E-state index >= 15 is 0 Å². The van der Waals surface area contributed by atoms with Gasteiger partial charge in [0, 0.05) is 16.7 Å². The van der Waals surface area contributed by atoms with Crippen molar-refractivity contribution in [3.8, 4) is 0 Å². The van der Waals surface area contributed by atoms with Gasteiger partial charge in [-0.1, -0.05) is 6.07 Å². The van der Waals surface area contributed by atoms with Crippen LogP contribution in [0.1, 0.15) is 16.8 Å². The molecular formula is C10H11FINO2. The van der Waals surface area contributed by atoms with Crippen molar-refractivity contribution >= 4 is 28.5 Å². The first-order chi connectivity index (χ1) is 7.16. The standard InChI is InChI=1S/C10H11FINO2/c11-7-3-1-4-8(12)9(7)10(15)13-5-2-6-14/h1,3-4,14H,2,5-6H2,(H,13,15).